The van der Waals surface area contributed by atoms with Crippen LogP contribution in [0.4, 0.5) is 0 Å². The van der Waals surface area contributed by atoms with Gasteiger partial charge in [0.25, 0.3) is 0 Å². The molecule has 0 saturated carbocycles. The van der Waals surface area contributed by atoms with Crippen LogP contribution in [0.3, 0.4) is 0 Å². The summed E-state index contributed by atoms with van der Waals surface area (Å²) in [5.74, 6) is -0.636. The molecule has 0 spiro atoms. The number of carbonyl (C=O) groups excluding carboxylic acids is 1. The first-order valence-electron chi connectivity index (χ1n) is 5.97. The number of nitrogens with one attached hydrogen (secondary N) is 2. The summed E-state index contributed by atoms with van der Waals surface area (Å²) in [7, 11) is 0. The Morgan fingerprint density at radius 2 is 2.25 bits per heavy atom. The second kappa shape index (κ2) is 4.75. The minimum absolute atomic E-state index is 0.0232. The Morgan fingerprint density at radius 3 is 3.00 bits per heavy atom. The predicted molar refractivity (Wildman–Crippen MR) is 77.9 cm³/mol. The van der Waals surface area contributed by atoms with Crippen molar-refractivity contribution in [1.82, 2.24) is 15.0 Å². The fourth-order valence-electron chi connectivity index (χ4n) is 2.07. The molecule has 0 bridgehead atoms. The van der Waals surface area contributed by atoms with E-state index in [1.54, 1.807) is 13.1 Å². The number of hydrogen-bond acceptors (Lipinski definition) is 4. The number of ether oxygens (including phenoxy) is 1. The first kappa shape index (κ1) is 12.9. The van der Waals surface area contributed by atoms with E-state index in [9.17, 15) is 9.59 Å². The summed E-state index contributed by atoms with van der Waals surface area (Å²) < 4.78 is 5.66. The third-order valence-corrected chi connectivity index (χ3v) is 3.36. The largest absolute Gasteiger partial charge is 0.462 e. The highest BCUT2D eigenvalue weighted by molar-refractivity contribution is 9.10. The number of aromatic nitrogens is 3. The molecule has 0 aliphatic rings. The molecule has 6 nitrogen and oxygen atoms in total. The second-order valence-corrected chi connectivity index (χ2v) is 5.09. The van der Waals surface area contributed by atoms with Gasteiger partial charge >= 0.3 is 5.97 Å². The third-order valence-electron chi connectivity index (χ3n) is 2.93. The van der Waals surface area contributed by atoms with Crippen LogP contribution >= 0.6 is 15.9 Å². The molecule has 0 saturated heterocycles. The molecule has 0 amide bonds. The van der Waals surface area contributed by atoms with Crippen LogP contribution in [0.2, 0.25) is 0 Å². The fraction of sp³-hybridized carbons (Fsp3) is 0.154. The Hall–Kier alpha value is -2.15. The van der Waals surface area contributed by atoms with Gasteiger partial charge in [0, 0.05) is 16.9 Å². The first-order valence-corrected chi connectivity index (χ1v) is 6.77. The van der Waals surface area contributed by atoms with Gasteiger partial charge in [-0.25, -0.2) is 4.79 Å². The molecule has 3 rings (SSSR count). The van der Waals surface area contributed by atoms with E-state index in [-0.39, 0.29) is 12.2 Å². The van der Waals surface area contributed by atoms with E-state index in [2.05, 4.69) is 30.9 Å². The van der Waals surface area contributed by atoms with E-state index >= 15 is 0 Å². The smallest absolute Gasteiger partial charge is 0.343 e. The number of aromatic amines is 2. The molecular weight excluding hydrogens is 326 g/mol. The maximum absolute atomic E-state index is 12.3. The summed E-state index contributed by atoms with van der Waals surface area (Å²) >= 11 is 3.32. The number of carbonyl (C=O) groups is 1. The van der Waals surface area contributed by atoms with Gasteiger partial charge in [-0.05, 0) is 28.9 Å². The summed E-state index contributed by atoms with van der Waals surface area (Å²) in [6.07, 6.45) is 3.01. The van der Waals surface area contributed by atoms with Crippen molar-refractivity contribution >= 4 is 44.0 Å². The number of fused-ring (bicyclic) bond motifs is 3. The number of pyridine rings is 2. The Morgan fingerprint density at radius 1 is 1.45 bits per heavy atom. The van der Waals surface area contributed by atoms with E-state index in [1.165, 1.54) is 6.20 Å². The van der Waals surface area contributed by atoms with Crippen molar-refractivity contribution in [2.45, 2.75) is 6.92 Å². The van der Waals surface area contributed by atoms with Gasteiger partial charge in [0.15, 0.2) is 0 Å². The van der Waals surface area contributed by atoms with Crippen LogP contribution in [0.5, 0.6) is 0 Å². The van der Waals surface area contributed by atoms with Crippen molar-refractivity contribution in [3.8, 4) is 0 Å². The highest BCUT2D eigenvalue weighted by Crippen LogP contribution is 2.22. The topological polar surface area (TPSA) is 87.8 Å². The summed E-state index contributed by atoms with van der Waals surface area (Å²) in [6.45, 7) is 1.91. The van der Waals surface area contributed by atoms with Gasteiger partial charge in [-0.2, -0.15) is 0 Å². The predicted octanol–water partition coefficient (Wildman–Crippen LogP) is 2.34. The lowest BCUT2D eigenvalue weighted by atomic mass is 10.2. The monoisotopic (exact) mass is 335 g/mol. The van der Waals surface area contributed by atoms with Gasteiger partial charge in [-0.3, -0.25) is 9.78 Å². The normalized spacial score (nSPS) is 11.1. The molecule has 3 heterocycles. The molecule has 2 N–H and O–H groups in total. The molecule has 0 aliphatic carbocycles. The zero-order chi connectivity index (χ0) is 14.3. The second-order valence-electron chi connectivity index (χ2n) is 4.18. The Bertz CT molecular complexity index is 882. The van der Waals surface area contributed by atoms with E-state index in [0.29, 0.717) is 22.1 Å². The van der Waals surface area contributed by atoms with Crippen LogP contribution in [0, 0.1) is 0 Å². The van der Waals surface area contributed by atoms with Crippen molar-refractivity contribution in [2.75, 3.05) is 6.61 Å². The zero-order valence-corrected chi connectivity index (χ0v) is 12.1. The minimum Gasteiger partial charge on any atom is -0.462 e. The average molecular weight is 336 g/mol. The van der Waals surface area contributed by atoms with Crippen LogP contribution in [0.15, 0.2) is 27.7 Å². The minimum atomic E-state index is -0.636. The fourth-order valence-corrected chi connectivity index (χ4v) is 2.40. The van der Waals surface area contributed by atoms with Gasteiger partial charge in [0.05, 0.1) is 17.6 Å². The van der Waals surface area contributed by atoms with Crippen molar-refractivity contribution < 1.29 is 9.53 Å². The standard InChI is InChI=1S/C13H10BrN3O3/c1-2-20-13(19)7-5-16-10-9-8(3-6(14)4-15-9)17-11(10)12(7)18/h3-5,17H,2H2,1H3,(H,16,18). The van der Waals surface area contributed by atoms with E-state index in [0.717, 1.165) is 4.47 Å². The van der Waals surface area contributed by atoms with Gasteiger partial charge in [-0.15, -0.1) is 0 Å². The summed E-state index contributed by atoms with van der Waals surface area (Å²) in [6, 6.07) is 1.82. The molecule has 3 aromatic heterocycles. The SMILES string of the molecule is CCOC(=O)c1c[nH]c2c([nH]c3cc(Br)cnc32)c1=O. The number of nitrogens with zero attached hydrogens (tertiary/aromatic N) is 1. The maximum atomic E-state index is 12.3. The third kappa shape index (κ3) is 1.90. The Balaban J connectivity index is 2.30. The van der Waals surface area contributed by atoms with Crippen LogP contribution in [0.25, 0.3) is 22.1 Å². The van der Waals surface area contributed by atoms with Crippen molar-refractivity contribution in [1.29, 1.82) is 0 Å². The number of halogens is 1. The van der Waals surface area contributed by atoms with Crippen LogP contribution in [-0.2, 0) is 4.74 Å². The molecule has 0 unspecified atom stereocenters. The van der Waals surface area contributed by atoms with Crippen molar-refractivity contribution in [3.63, 3.8) is 0 Å². The lowest BCUT2D eigenvalue weighted by Gasteiger charge is -2.00. The van der Waals surface area contributed by atoms with E-state index in [1.807, 2.05) is 6.07 Å². The zero-order valence-electron chi connectivity index (χ0n) is 10.5. The van der Waals surface area contributed by atoms with Gasteiger partial charge in [-0.1, -0.05) is 0 Å². The van der Waals surface area contributed by atoms with Crippen LogP contribution < -0.4 is 5.43 Å². The van der Waals surface area contributed by atoms with Gasteiger partial charge in [0.2, 0.25) is 5.43 Å². The quantitative estimate of drug-likeness (QED) is 0.703. The first-order chi connectivity index (χ1) is 9.61. The van der Waals surface area contributed by atoms with Crippen LogP contribution in [-0.4, -0.2) is 27.5 Å². The molecule has 0 aromatic carbocycles. The molecule has 20 heavy (non-hydrogen) atoms. The van der Waals surface area contributed by atoms with E-state index in [4.69, 9.17) is 4.74 Å². The summed E-state index contributed by atoms with van der Waals surface area (Å²) in [5.41, 5.74) is 1.83. The van der Waals surface area contributed by atoms with Gasteiger partial charge < -0.3 is 14.7 Å². The number of esters is 1. The number of rotatable bonds is 2. The Labute approximate surface area is 121 Å². The highest BCUT2D eigenvalue weighted by Gasteiger charge is 2.17. The Kier molecular flexibility index (Phi) is 3.06. The maximum Gasteiger partial charge on any atom is 0.343 e. The molecule has 0 atom stereocenters. The average Bonchev–Trinajstić information content (AvgIpc) is 2.78. The van der Waals surface area contributed by atoms with Crippen LogP contribution in [0.1, 0.15) is 17.3 Å². The summed E-state index contributed by atoms with van der Waals surface area (Å²) in [4.78, 5) is 34.2. The summed E-state index contributed by atoms with van der Waals surface area (Å²) in [5, 5.41) is 0. The molecule has 0 radical (unpaired) electrons. The lowest BCUT2D eigenvalue weighted by Crippen LogP contribution is -2.18. The molecular formula is C13H10BrN3O3. The molecule has 0 aliphatic heterocycles. The van der Waals surface area contributed by atoms with Crippen molar-refractivity contribution in [2.24, 2.45) is 0 Å². The molecule has 102 valence electrons. The van der Waals surface area contributed by atoms with Gasteiger partial charge in [0.1, 0.15) is 16.6 Å². The van der Waals surface area contributed by atoms with Crippen molar-refractivity contribution in [3.05, 3.63) is 38.7 Å². The highest BCUT2D eigenvalue weighted by atomic mass is 79.9. The number of hydrogen-bond donors (Lipinski definition) is 2. The molecule has 3 aromatic rings. The number of H-pyrrole nitrogens is 2. The molecule has 7 heteroatoms. The lowest BCUT2D eigenvalue weighted by molar-refractivity contribution is 0.0524. The van der Waals surface area contributed by atoms with E-state index < -0.39 is 11.4 Å². The molecule has 0 fully saturated rings.